The highest BCUT2D eigenvalue weighted by atomic mass is 32.2. The fourth-order valence-electron chi connectivity index (χ4n) is 3.25. The second-order valence-electron chi connectivity index (χ2n) is 6.50. The molecule has 0 atom stereocenters. The summed E-state index contributed by atoms with van der Waals surface area (Å²) in [6.45, 7) is 0.193. The number of ether oxygens (including phenoxy) is 1. The molecule has 0 radical (unpaired) electrons. The summed E-state index contributed by atoms with van der Waals surface area (Å²) in [5.41, 5.74) is -1.77. The number of nitrogens with zero attached hydrogens (tertiary/aromatic N) is 3. The molecule has 0 spiro atoms. The van der Waals surface area contributed by atoms with E-state index in [-0.39, 0.29) is 42.5 Å². The number of benzene rings is 2. The first-order chi connectivity index (χ1) is 14.1. The lowest BCUT2D eigenvalue weighted by atomic mass is 10.1. The Kier molecular flexibility index (Phi) is 5.90. The molecule has 0 aliphatic carbocycles. The van der Waals surface area contributed by atoms with Crippen molar-refractivity contribution in [1.82, 2.24) is 4.31 Å². The number of sulfonamides is 1. The van der Waals surface area contributed by atoms with Crippen LogP contribution in [0.4, 0.5) is 24.5 Å². The first-order valence-corrected chi connectivity index (χ1v) is 10.2. The van der Waals surface area contributed by atoms with Gasteiger partial charge in [0.05, 0.1) is 17.6 Å². The highest BCUT2D eigenvalue weighted by molar-refractivity contribution is 7.89. The maximum Gasteiger partial charge on any atom is 0.416 e. The monoisotopic (exact) mass is 445 g/mol. The lowest BCUT2D eigenvalue weighted by molar-refractivity contribution is -0.384. The van der Waals surface area contributed by atoms with Gasteiger partial charge in [-0.15, -0.1) is 0 Å². The van der Waals surface area contributed by atoms with Crippen molar-refractivity contribution in [3.05, 3.63) is 58.1 Å². The minimum absolute atomic E-state index is 0.00135. The molecule has 0 bridgehead atoms. The van der Waals surface area contributed by atoms with Crippen LogP contribution in [-0.2, 0) is 16.2 Å². The van der Waals surface area contributed by atoms with E-state index in [1.54, 1.807) is 12.1 Å². The normalized spacial score (nSPS) is 15.8. The van der Waals surface area contributed by atoms with E-state index in [9.17, 15) is 31.7 Å². The molecule has 1 saturated heterocycles. The Morgan fingerprint density at radius 1 is 1.07 bits per heavy atom. The molecule has 0 aromatic heterocycles. The fourth-order valence-corrected chi connectivity index (χ4v) is 4.83. The van der Waals surface area contributed by atoms with E-state index in [4.69, 9.17) is 4.74 Å². The van der Waals surface area contributed by atoms with Gasteiger partial charge in [0.1, 0.15) is 16.3 Å². The molecular weight excluding hydrogens is 427 g/mol. The Hall–Kier alpha value is -2.86. The van der Waals surface area contributed by atoms with Crippen molar-refractivity contribution in [3.8, 4) is 5.75 Å². The van der Waals surface area contributed by atoms with Crippen molar-refractivity contribution in [2.24, 2.45) is 0 Å². The van der Waals surface area contributed by atoms with Gasteiger partial charge in [-0.05, 0) is 24.3 Å². The number of anilines is 1. The number of hydrogen-bond donors (Lipinski definition) is 0. The van der Waals surface area contributed by atoms with Crippen LogP contribution in [0.3, 0.4) is 0 Å². The van der Waals surface area contributed by atoms with Gasteiger partial charge in [-0.2, -0.15) is 17.5 Å². The summed E-state index contributed by atoms with van der Waals surface area (Å²) < 4.78 is 70.9. The second kappa shape index (κ2) is 8.11. The third-order valence-electron chi connectivity index (χ3n) is 4.77. The highest BCUT2D eigenvalue weighted by Crippen LogP contribution is 2.37. The van der Waals surface area contributed by atoms with Crippen LogP contribution < -0.4 is 9.64 Å². The van der Waals surface area contributed by atoms with E-state index in [1.807, 2.05) is 0 Å². The number of hydrogen-bond acceptors (Lipinski definition) is 6. The van der Waals surface area contributed by atoms with Crippen LogP contribution in [0.2, 0.25) is 0 Å². The molecule has 1 aliphatic heterocycles. The van der Waals surface area contributed by atoms with E-state index < -0.39 is 32.4 Å². The van der Waals surface area contributed by atoms with Crippen molar-refractivity contribution < 1.29 is 31.2 Å². The van der Waals surface area contributed by atoms with Gasteiger partial charge in [-0.25, -0.2) is 8.42 Å². The molecule has 1 heterocycles. The minimum atomic E-state index is -4.70. The second-order valence-corrected chi connectivity index (χ2v) is 8.41. The first kappa shape index (κ1) is 21.8. The average molecular weight is 445 g/mol. The Bertz CT molecular complexity index is 1050. The van der Waals surface area contributed by atoms with E-state index in [2.05, 4.69) is 0 Å². The zero-order valence-corrected chi connectivity index (χ0v) is 16.6. The van der Waals surface area contributed by atoms with Crippen LogP contribution in [0.15, 0.2) is 47.4 Å². The standard InChI is InChI=1S/C18H18F3N3O5S/c1-29-16-4-2-3-5-17(16)30(27,28)23-10-8-22(9-11-23)14-7-6-13(18(19,20)21)12-15(14)24(25)26/h2-7,12H,8-11H2,1H3. The molecule has 0 saturated carbocycles. The van der Waals surface area contributed by atoms with Gasteiger partial charge in [-0.3, -0.25) is 10.1 Å². The first-order valence-electron chi connectivity index (χ1n) is 8.79. The van der Waals surface area contributed by atoms with Gasteiger partial charge >= 0.3 is 6.18 Å². The number of piperazine rings is 1. The molecule has 12 heteroatoms. The quantitative estimate of drug-likeness (QED) is 0.519. The summed E-state index contributed by atoms with van der Waals surface area (Å²) in [5.74, 6) is 0.193. The molecule has 1 fully saturated rings. The number of alkyl halides is 3. The predicted molar refractivity (Wildman–Crippen MR) is 102 cm³/mol. The van der Waals surface area contributed by atoms with Crippen LogP contribution in [0.5, 0.6) is 5.75 Å². The Labute approximate surface area is 170 Å². The van der Waals surface area contributed by atoms with E-state index >= 15 is 0 Å². The number of rotatable bonds is 5. The summed E-state index contributed by atoms with van der Waals surface area (Å²) in [6, 6.07) is 8.46. The average Bonchev–Trinajstić information content (AvgIpc) is 2.72. The molecule has 8 nitrogen and oxygen atoms in total. The molecule has 3 rings (SSSR count). The molecule has 0 amide bonds. The smallest absolute Gasteiger partial charge is 0.416 e. The SMILES string of the molecule is COc1ccccc1S(=O)(=O)N1CCN(c2ccc(C(F)(F)F)cc2[N+](=O)[O-])CC1. The van der Waals surface area contributed by atoms with Crippen LogP contribution in [0.25, 0.3) is 0 Å². The lowest BCUT2D eigenvalue weighted by Gasteiger charge is -2.35. The van der Waals surface area contributed by atoms with Crippen molar-refractivity contribution in [2.45, 2.75) is 11.1 Å². The Balaban J connectivity index is 1.83. The van der Waals surface area contributed by atoms with Crippen molar-refractivity contribution in [1.29, 1.82) is 0 Å². The summed E-state index contributed by atoms with van der Waals surface area (Å²) >= 11 is 0. The maximum absolute atomic E-state index is 12.9. The van der Waals surface area contributed by atoms with Gasteiger partial charge in [-0.1, -0.05) is 12.1 Å². The molecule has 162 valence electrons. The number of nitro benzene ring substituents is 1. The lowest BCUT2D eigenvalue weighted by Crippen LogP contribution is -2.48. The number of methoxy groups -OCH3 is 1. The van der Waals surface area contributed by atoms with Gasteiger partial charge in [0.25, 0.3) is 5.69 Å². The van der Waals surface area contributed by atoms with Gasteiger partial charge in [0, 0.05) is 32.2 Å². The summed E-state index contributed by atoms with van der Waals surface area (Å²) in [7, 11) is -2.51. The van der Waals surface area contributed by atoms with Gasteiger partial charge in [0.2, 0.25) is 10.0 Å². The van der Waals surface area contributed by atoms with E-state index in [0.717, 1.165) is 12.1 Å². The summed E-state index contributed by atoms with van der Waals surface area (Å²) in [6.07, 6.45) is -4.70. The summed E-state index contributed by atoms with van der Waals surface area (Å²) in [4.78, 5) is 11.9. The maximum atomic E-state index is 12.9. The Morgan fingerprint density at radius 2 is 1.70 bits per heavy atom. The highest BCUT2D eigenvalue weighted by Gasteiger charge is 2.35. The third-order valence-corrected chi connectivity index (χ3v) is 6.70. The van der Waals surface area contributed by atoms with Crippen molar-refractivity contribution >= 4 is 21.4 Å². The molecule has 0 N–H and O–H groups in total. The molecule has 30 heavy (non-hydrogen) atoms. The fraction of sp³-hybridized carbons (Fsp3) is 0.333. The third kappa shape index (κ3) is 4.19. The number of nitro groups is 1. The molecule has 2 aromatic carbocycles. The minimum Gasteiger partial charge on any atom is -0.495 e. The molecule has 2 aromatic rings. The zero-order chi connectivity index (χ0) is 22.1. The number of para-hydroxylation sites is 1. The van der Waals surface area contributed by atoms with Gasteiger partial charge in [0.15, 0.2) is 0 Å². The van der Waals surface area contributed by atoms with Crippen molar-refractivity contribution in [3.63, 3.8) is 0 Å². The van der Waals surface area contributed by atoms with Crippen LogP contribution in [0, 0.1) is 10.1 Å². The predicted octanol–water partition coefficient (Wildman–Crippen LogP) is 3.13. The molecule has 0 unspecified atom stereocenters. The topological polar surface area (TPSA) is 93.0 Å². The molecular formula is C18H18F3N3O5S. The van der Waals surface area contributed by atoms with Crippen molar-refractivity contribution in [2.75, 3.05) is 38.2 Å². The van der Waals surface area contributed by atoms with E-state index in [0.29, 0.717) is 6.07 Å². The number of halogens is 3. The van der Waals surface area contributed by atoms with Crippen LogP contribution in [0.1, 0.15) is 5.56 Å². The van der Waals surface area contributed by atoms with Crippen LogP contribution >= 0.6 is 0 Å². The Morgan fingerprint density at radius 3 is 2.27 bits per heavy atom. The van der Waals surface area contributed by atoms with Gasteiger partial charge < -0.3 is 9.64 Å². The van der Waals surface area contributed by atoms with Crippen LogP contribution in [-0.4, -0.2) is 50.9 Å². The summed E-state index contributed by atoms with van der Waals surface area (Å²) in [5, 5.41) is 11.3. The molecule has 1 aliphatic rings. The van der Waals surface area contributed by atoms with E-state index in [1.165, 1.54) is 28.4 Å². The zero-order valence-electron chi connectivity index (χ0n) is 15.8. The largest absolute Gasteiger partial charge is 0.495 e.